The molecule has 2 nitrogen and oxygen atoms in total. The number of benzene rings is 2. The molecule has 0 aromatic heterocycles. The summed E-state index contributed by atoms with van der Waals surface area (Å²) in [7, 11) is 0. The Morgan fingerprint density at radius 3 is 2.48 bits per heavy atom. The molecule has 1 fully saturated rings. The minimum atomic E-state index is -0.140. The van der Waals surface area contributed by atoms with E-state index in [9.17, 15) is 4.79 Å². The summed E-state index contributed by atoms with van der Waals surface area (Å²) >= 11 is 13.0. The highest BCUT2D eigenvalue weighted by atomic mass is 35.5. The van der Waals surface area contributed by atoms with Gasteiger partial charge in [0.25, 0.3) is 5.91 Å². The van der Waals surface area contributed by atoms with E-state index in [0.29, 0.717) is 14.3 Å². The lowest BCUT2D eigenvalue weighted by Gasteiger charge is -2.14. The number of amides is 1. The maximum atomic E-state index is 12.7. The van der Waals surface area contributed by atoms with Gasteiger partial charge in [0.05, 0.1) is 10.6 Å². The van der Waals surface area contributed by atoms with Gasteiger partial charge in [-0.2, -0.15) is 0 Å². The van der Waals surface area contributed by atoms with Crippen molar-refractivity contribution in [3.05, 3.63) is 81.7 Å². The molecule has 2 aromatic carbocycles. The highest BCUT2D eigenvalue weighted by Crippen LogP contribution is 2.36. The highest BCUT2D eigenvalue weighted by molar-refractivity contribution is 8.27. The fourth-order valence-corrected chi connectivity index (χ4v) is 4.04. The molecular weight excluding hydrogens is 370 g/mol. The Balaban J connectivity index is 1.84. The van der Waals surface area contributed by atoms with Crippen molar-refractivity contribution in [3.8, 4) is 0 Å². The first-order valence-electron chi connectivity index (χ1n) is 7.87. The lowest BCUT2D eigenvalue weighted by molar-refractivity contribution is -0.113. The normalized spacial score (nSPS) is 16.8. The molecule has 25 heavy (non-hydrogen) atoms. The van der Waals surface area contributed by atoms with E-state index in [0.717, 1.165) is 17.7 Å². The molecule has 0 N–H and O–H groups in total. The lowest BCUT2D eigenvalue weighted by atomic mass is 10.1. The molecule has 3 rings (SSSR count). The van der Waals surface area contributed by atoms with Gasteiger partial charge in [0, 0.05) is 5.03 Å². The van der Waals surface area contributed by atoms with Gasteiger partial charge in [-0.3, -0.25) is 9.69 Å². The molecule has 0 bridgehead atoms. The minimum absolute atomic E-state index is 0.140. The number of carbonyl (C=O) groups excluding carboxylic acids is 1. The number of hydrogen-bond acceptors (Lipinski definition) is 3. The zero-order valence-electron chi connectivity index (χ0n) is 13.6. The molecule has 2 aromatic rings. The molecular formula is C20H16ClNOS2. The van der Waals surface area contributed by atoms with Gasteiger partial charge >= 0.3 is 0 Å². The number of hydrogen-bond donors (Lipinski definition) is 0. The van der Waals surface area contributed by atoms with Crippen molar-refractivity contribution in [1.82, 2.24) is 0 Å². The number of anilines is 1. The molecule has 5 heteroatoms. The average Bonchev–Trinajstić information content (AvgIpc) is 2.89. The van der Waals surface area contributed by atoms with Gasteiger partial charge in [0.15, 0.2) is 4.32 Å². The predicted molar refractivity (Wildman–Crippen MR) is 112 cm³/mol. The zero-order valence-corrected chi connectivity index (χ0v) is 16.0. The number of nitrogens with zero attached hydrogens (tertiary/aromatic N) is 1. The summed E-state index contributed by atoms with van der Waals surface area (Å²) in [4.78, 5) is 14.8. The minimum Gasteiger partial charge on any atom is -0.268 e. The number of aryl methyl sites for hydroxylation is 1. The Morgan fingerprint density at radius 2 is 1.84 bits per heavy atom. The fourth-order valence-electron chi connectivity index (χ4n) is 2.45. The smallest absolute Gasteiger partial charge is 0.268 e. The van der Waals surface area contributed by atoms with Crippen LogP contribution in [0.3, 0.4) is 0 Å². The van der Waals surface area contributed by atoms with Gasteiger partial charge in [0.2, 0.25) is 0 Å². The Labute approximate surface area is 162 Å². The monoisotopic (exact) mass is 385 g/mol. The van der Waals surface area contributed by atoms with Crippen LogP contribution in [0, 0.1) is 0 Å². The molecule has 1 saturated heterocycles. The van der Waals surface area contributed by atoms with Crippen LogP contribution in [0.4, 0.5) is 5.69 Å². The van der Waals surface area contributed by atoms with Gasteiger partial charge in [0.1, 0.15) is 0 Å². The number of rotatable bonds is 4. The van der Waals surface area contributed by atoms with Crippen LogP contribution < -0.4 is 4.90 Å². The number of allylic oxidation sites excluding steroid dienone is 2. The maximum absolute atomic E-state index is 12.7. The van der Waals surface area contributed by atoms with Crippen LogP contribution in [0.5, 0.6) is 0 Å². The third-order valence-electron chi connectivity index (χ3n) is 3.77. The number of thiocarbonyl (C=S) groups is 1. The quantitative estimate of drug-likeness (QED) is 0.491. The number of halogens is 1. The Hall–Kier alpha value is -1.88. The van der Waals surface area contributed by atoms with Crippen LogP contribution >= 0.6 is 35.6 Å². The second kappa shape index (κ2) is 8.00. The van der Waals surface area contributed by atoms with E-state index in [1.54, 1.807) is 11.0 Å². The van der Waals surface area contributed by atoms with Crippen molar-refractivity contribution in [2.45, 2.75) is 13.3 Å². The summed E-state index contributed by atoms with van der Waals surface area (Å²) in [6.45, 7) is 2.10. The Morgan fingerprint density at radius 1 is 1.16 bits per heavy atom. The molecule has 0 unspecified atom stereocenters. The van der Waals surface area contributed by atoms with Gasteiger partial charge in [-0.25, -0.2) is 0 Å². The van der Waals surface area contributed by atoms with Gasteiger partial charge in [-0.15, -0.1) is 0 Å². The molecule has 0 saturated carbocycles. The third-order valence-corrected chi connectivity index (χ3v) is 5.29. The standard InChI is InChI=1S/C20H16ClNOS2/c1-2-14-8-10-17(11-9-14)22-19(23)18(25-20(22)24)13-16(21)12-15-6-4-3-5-7-15/h3-13H,2H2,1H3. The van der Waals surface area contributed by atoms with E-state index in [-0.39, 0.29) is 5.91 Å². The van der Waals surface area contributed by atoms with Crippen LogP contribution in [0.2, 0.25) is 0 Å². The van der Waals surface area contributed by atoms with Crippen LogP contribution in [0.1, 0.15) is 18.1 Å². The molecule has 1 amide bonds. The maximum Gasteiger partial charge on any atom is 0.270 e. The van der Waals surface area contributed by atoms with Crippen molar-refractivity contribution < 1.29 is 4.79 Å². The van der Waals surface area contributed by atoms with Crippen molar-refractivity contribution in [1.29, 1.82) is 0 Å². The largest absolute Gasteiger partial charge is 0.270 e. The molecule has 1 aliphatic heterocycles. The topological polar surface area (TPSA) is 20.3 Å². The molecule has 0 aliphatic carbocycles. The van der Waals surface area contributed by atoms with E-state index in [4.69, 9.17) is 23.8 Å². The van der Waals surface area contributed by atoms with E-state index >= 15 is 0 Å². The van der Waals surface area contributed by atoms with E-state index in [2.05, 4.69) is 6.92 Å². The summed E-state index contributed by atoms with van der Waals surface area (Å²) in [6, 6.07) is 17.6. The molecule has 0 spiro atoms. The molecule has 126 valence electrons. The van der Waals surface area contributed by atoms with Crippen LogP contribution in [-0.4, -0.2) is 10.2 Å². The molecule has 0 radical (unpaired) electrons. The lowest BCUT2D eigenvalue weighted by Crippen LogP contribution is -2.27. The van der Waals surface area contributed by atoms with E-state index in [1.807, 2.05) is 60.7 Å². The number of thioether (sulfide) groups is 1. The van der Waals surface area contributed by atoms with Gasteiger partial charge in [-0.05, 0) is 41.8 Å². The van der Waals surface area contributed by atoms with Crippen LogP contribution in [-0.2, 0) is 11.2 Å². The predicted octanol–water partition coefficient (Wildman–Crippen LogP) is 5.78. The average molecular weight is 386 g/mol. The SMILES string of the molecule is CCc1ccc(N2C(=O)C(=CC(Cl)=Cc3ccccc3)SC2=S)cc1. The van der Waals surface area contributed by atoms with E-state index < -0.39 is 0 Å². The Kier molecular flexibility index (Phi) is 5.74. The van der Waals surface area contributed by atoms with Crippen molar-refractivity contribution >= 4 is 57.6 Å². The molecule has 1 aliphatic rings. The fraction of sp³-hybridized carbons (Fsp3) is 0.100. The van der Waals surface area contributed by atoms with E-state index in [1.165, 1.54) is 17.3 Å². The number of carbonyl (C=O) groups is 1. The third kappa shape index (κ3) is 4.21. The first kappa shape index (κ1) is 17.9. The first-order valence-corrected chi connectivity index (χ1v) is 9.48. The summed E-state index contributed by atoms with van der Waals surface area (Å²) in [5.74, 6) is -0.140. The van der Waals surface area contributed by atoms with Gasteiger partial charge < -0.3 is 0 Å². The van der Waals surface area contributed by atoms with Crippen molar-refractivity contribution in [3.63, 3.8) is 0 Å². The molecule has 0 atom stereocenters. The Bertz CT molecular complexity index is 857. The second-order valence-electron chi connectivity index (χ2n) is 5.48. The van der Waals surface area contributed by atoms with Crippen molar-refractivity contribution in [2.75, 3.05) is 4.90 Å². The summed E-state index contributed by atoms with van der Waals surface area (Å²) in [5, 5.41) is 0.494. The highest BCUT2D eigenvalue weighted by Gasteiger charge is 2.33. The first-order chi connectivity index (χ1) is 12.1. The zero-order chi connectivity index (χ0) is 17.8. The van der Waals surface area contributed by atoms with Gasteiger partial charge in [-0.1, -0.05) is 85.0 Å². The summed E-state index contributed by atoms with van der Waals surface area (Å²) in [6.07, 6.45) is 4.46. The summed E-state index contributed by atoms with van der Waals surface area (Å²) in [5.41, 5.74) is 2.99. The summed E-state index contributed by atoms with van der Waals surface area (Å²) < 4.78 is 0.518. The van der Waals surface area contributed by atoms with Crippen molar-refractivity contribution in [2.24, 2.45) is 0 Å². The second-order valence-corrected chi connectivity index (χ2v) is 7.59. The van der Waals surface area contributed by atoms with Crippen LogP contribution in [0.15, 0.2) is 70.6 Å². The van der Waals surface area contributed by atoms with Crippen LogP contribution in [0.25, 0.3) is 6.08 Å². The molecule has 1 heterocycles.